The molecule has 33 heavy (non-hydrogen) atoms. The molecule has 2 aromatic rings. The predicted molar refractivity (Wildman–Crippen MR) is 134 cm³/mol. The standard InChI is InChI=1S/C28H40N2O3/c1-8-24(27(32)29-17-20(2)3)30(18-22-13-11-12-21(4)16-22)26(31)19-33-25-15-10-9-14-23(25)28(5,6)7/h9-16,20,24H,8,17-19H2,1-7H3,(H,29,32)/t24-/m1/s1. The van der Waals surface area contributed by atoms with Gasteiger partial charge in [0.2, 0.25) is 5.91 Å². The molecule has 2 aromatic carbocycles. The summed E-state index contributed by atoms with van der Waals surface area (Å²) < 4.78 is 6.02. The van der Waals surface area contributed by atoms with Crippen molar-refractivity contribution in [2.45, 2.75) is 72.9 Å². The molecule has 180 valence electrons. The predicted octanol–water partition coefficient (Wildman–Crippen LogP) is 5.25. The first kappa shape index (κ1) is 26.4. The number of rotatable bonds is 10. The van der Waals surface area contributed by atoms with E-state index in [1.54, 1.807) is 4.90 Å². The highest BCUT2D eigenvalue weighted by molar-refractivity contribution is 5.88. The first-order valence-electron chi connectivity index (χ1n) is 11.9. The van der Waals surface area contributed by atoms with Crippen molar-refractivity contribution in [2.24, 2.45) is 5.92 Å². The number of amides is 2. The van der Waals surface area contributed by atoms with Gasteiger partial charge in [0.25, 0.3) is 5.91 Å². The van der Waals surface area contributed by atoms with Gasteiger partial charge in [-0.15, -0.1) is 0 Å². The Bertz CT molecular complexity index is 931. The van der Waals surface area contributed by atoms with Gasteiger partial charge in [-0.2, -0.15) is 0 Å². The lowest BCUT2D eigenvalue weighted by Gasteiger charge is -2.31. The van der Waals surface area contributed by atoms with E-state index in [2.05, 4.69) is 46.0 Å². The number of hydrogen-bond acceptors (Lipinski definition) is 3. The molecule has 5 heteroatoms. The third kappa shape index (κ3) is 7.92. The van der Waals surface area contributed by atoms with E-state index in [-0.39, 0.29) is 23.8 Å². The van der Waals surface area contributed by atoms with Gasteiger partial charge in [0, 0.05) is 13.1 Å². The molecule has 2 amide bonds. The zero-order valence-electron chi connectivity index (χ0n) is 21.3. The fraction of sp³-hybridized carbons (Fsp3) is 0.500. The van der Waals surface area contributed by atoms with Crippen LogP contribution in [0.2, 0.25) is 0 Å². The van der Waals surface area contributed by atoms with Crippen LogP contribution >= 0.6 is 0 Å². The van der Waals surface area contributed by atoms with Crippen LogP contribution in [0.1, 0.15) is 64.7 Å². The van der Waals surface area contributed by atoms with Gasteiger partial charge in [-0.3, -0.25) is 9.59 Å². The number of benzene rings is 2. The van der Waals surface area contributed by atoms with Crippen LogP contribution in [0.5, 0.6) is 5.75 Å². The summed E-state index contributed by atoms with van der Waals surface area (Å²) in [5, 5.41) is 2.99. The quantitative estimate of drug-likeness (QED) is 0.536. The molecule has 0 spiro atoms. The molecule has 0 aliphatic carbocycles. The second kappa shape index (κ2) is 11.9. The first-order valence-corrected chi connectivity index (χ1v) is 11.9. The van der Waals surface area contributed by atoms with Crippen molar-refractivity contribution in [3.8, 4) is 5.75 Å². The fourth-order valence-electron chi connectivity index (χ4n) is 3.78. The maximum Gasteiger partial charge on any atom is 0.261 e. The highest BCUT2D eigenvalue weighted by Gasteiger charge is 2.29. The van der Waals surface area contributed by atoms with Crippen molar-refractivity contribution in [3.63, 3.8) is 0 Å². The summed E-state index contributed by atoms with van der Waals surface area (Å²) in [6, 6.07) is 15.3. The van der Waals surface area contributed by atoms with Gasteiger partial charge < -0.3 is 15.0 Å². The molecule has 0 saturated heterocycles. The van der Waals surface area contributed by atoms with E-state index < -0.39 is 6.04 Å². The van der Waals surface area contributed by atoms with Gasteiger partial charge in [0.1, 0.15) is 11.8 Å². The largest absolute Gasteiger partial charge is 0.483 e. The lowest BCUT2D eigenvalue weighted by molar-refractivity contribution is -0.143. The number of hydrogen-bond donors (Lipinski definition) is 1. The van der Waals surface area contributed by atoms with E-state index in [1.165, 1.54) is 0 Å². The fourth-order valence-corrected chi connectivity index (χ4v) is 3.78. The molecule has 0 saturated carbocycles. The third-order valence-corrected chi connectivity index (χ3v) is 5.55. The highest BCUT2D eigenvalue weighted by atomic mass is 16.5. The SMILES string of the molecule is CC[C@H](C(=O)NCC(C)C)N(Cc1cccc(C)c1)C(=O)COc1ccccc1C(C)(C)C. The maximum atomic E-state index is 13.4. The second-order valence-corrected chi connectivity index (χ2v) is 10.1. The van der Waals surface area contributed by atoms with Crippen LogP contribution in [0.3, 0.4) is 0 Å². The minimum Gasteiger partial charge on any atom is -0.483 e. The molecule has 0 unspecified atom stereocenters. The van der Waals surface area contributed by atoms with E-state index in [4.69, 9.17) is 4.74 Å². The molecule has 0 fully saturated rings. The molecule has 1 atom stereocenters. The Morgan fingerprint density at radius 2 is 1.76 bits per heavy atom. The van der Waals surface area contributed by atoms with Crippen LogP contribution in [0, 0.1) is 12.8 Å². The van der Waals surface area contributed by atoms with Crippen molar-refractivity contribution in [1.29, 1.82) is 0 Å². The number of nitrogens with zero attached hydrogens (tertiary/aromatic N) is 1. The molecule has 1 N–H and O–H groups in total. The van der Waals surface area contributed by atoms with Crippen LogP contribution in [0.15, 0.2) is 48.5 Å². The zero-order valence-corrected chi connectivity index (χ0v) is 21.3. The zero-order chi connectivity index (χ0) is 24.6. The molecule has 0 radical (unpaired) electrons. The number of carbonyl (C=O) groups excluding carboxylic acids is 2. The number of nitrogens with one attached hydrogen (secondary N) is 1. The topological polar surface area (TPSA) is 58.6 Å². The Hall–Kier alpha value is -2.82. The van der Waals surface area contributed by atoms with Gasteiger partial charge in [0.15, 0.2) is 6.61 Å². The minimum atomic E-state index is -0.557. The van der Waals surface area contributed by atoms with E-state index in [1.807, 2.05) is 56.3 Å². The minimum absolute atomic E-state index is 0.108. The number of para-hydroxylation sites is 1. The normalized spacial score (nSPS) is 12.4. The average Bonchev–Trinajstić information content (AvgIpc) is 2.75. The van der Waals surface area contributed by atoms with Crippen LogP contribution in [0.25, 0.3) is 0 Å². The summed E-state index contributed by atoms with van der Waals surface area (Å²) in [5.41, 5.74) is 3.05. The third-order valence-electron chi connectivity index (χ3n) is 5.55. The molecule has 2 rings (SSSR count). The molecular weight excluding hydrogens is 412 g/mol. The summed E-state index contributed by atoms with van der Waals surface area (Å²) in [4.78, 5) is 28.1. The molecule has 0 aliphatic heterocycles. The monoisotopic (exact) mass is 452 g/mol. The Morgan fingerprint density at radius 1 is 1.06 bits per heavy atom. The average molecular weight is 453 g/mol. The van der Waals surface area contributed by atoms with Crippen molar-refractivity contribution < 1.29 is 14.3 Å². The Morgan fingerprint density at radius 3 is 2.36 bits per heavy atom. The van der Waals surface area contributed by atoms with Gasteiger partial charge in [-0.25, -0.2) is 0 Å². The summed E-state index contributed by atoms with van der Waals surface area (Å²) in [7, 11) is 0. The Kier molecular flexibility index (Phi) is 9.51. The summed E-state index contributed by atoms with van der Waals surface area (Å²) >= 11 is 0. The highest BCUT2D eigenvalue weighted by Crippen LogP contribution is 2.31. The molecule has 0 heterocycles. The van der Waals surface area contributed by atoms with Crippen molar-refractivity contribution in [1.82, 2.24) is 10.2 Å². The smallest absolute Gasteiger partial charge is 0.261 e. The van der Waals surface area contributed by atoms with Crippen molar-refractivity contribution >= 4 is 11.8 Å². The number of aryl methyl sites for hydroxylation is 1. The van der Waals surface area contributed by atoms with E-state index in [9.17, 15) is 9.59 Å². The number of carbonyl (C=O) groups is 2. The molecule has 5 nitrogen and oxygen atoms in total. The van der Waals surface area contributed by atoms with Gasteiger partial charge in [-0.1, -0.05) is 89.6 Å². The van der Waals surface area contributed by atoms with Crippen molar-refractivity contribution in [3.05, 3.63) is 65.2 Å². The van der Waals surface area contributed by atoms with E-state index in [0.29, 0.717) is 31.2 Å². The lowest BCUT2D eigenvalue weighted by Crippen LogP contribution is -2.50. The summed E-state index contributed by atoms with van der Waals surface area (Å²) in [6.45, 7) is 15.2. The van der Waals surface area contributed by atoms with Crippen LogP contribution < -0.4 is 10.1 Å². The molecule has 0 aliphatic rings. The van der Waals surface area contributed by atoms with E-state index >= 15 is 0 Å². The first-order chi connectivity index (χ1) is 15.5. The van der Waals surface area contributed by atoms with Gasteiger partial charge >= 0.3 is 0 Å². The summed E-state index contributed by atoms with van der Waals surface area (Å²) in [6.07, 6.45) is 0.528. The molecule has 0 bridgehead atoms. The lowest BCUT2D eigenvalue weighted by atomic mass is 9.86. The van der Waals surface area contributed by atoms with Crippen LogP contribution in [-0.2, 0) is 21.5 Å². The van der Waals surface area contributed by atoms with Gasteiger partial charge in [0.05, 0.1) is 0 Å². The second-order valence-electron chi connectivity index (χ2n) is 10.1. The molecule has 0 aromatic heterocycles. The Labute approximate surface area is 199 Å². The van der Waals surface area contributed by atoms with Crippen LogP contribution in [-0.4, -0.2) is 35.9 Å². The maximum absolute atomic E-state index is 13.4. The van der Waals surface area contributed by atoms with Crippen LogP contribution in [0.4, 0.5) is 0 Å². The van der Waals surface area contributed by atoms with Crippen molar-refractivity contribution in [2.75, 3.05) is 13.2 Å². The number of ether oxygens (including phenoxy) is 1. The summed E-state index contributed by atoms with van der Waals surface area (Å²) in [5.74, 6) is 0.713. The van der Waals surface area contributed by atoms with Gasteiger partial charge in [-0.05, 0) is 41.9 Å². The Balaban J connectivity index is 2.26. The molecular formula is C28H40N2O3. The van der Waals surface area contributed by atoms with E-state index in [0.717, 1.165) is 16.7 Å².